The second-order valence-electron chi connectivity index (χ2n) is 5.02. The minimum atomic E-state index is -6.00. The number of benzene rings is 2. The van der Waals surface area contributed by atoms with E-state index in [9.17, 15) is 56.6 Å². The van der Waals surface area contributed by atoms with Crippen molar-refractivity contribution in [2.24, 2.45) is 0 Å². The van der Waals surface area contributed by atoms with Crippen LogP contribution in [-0.2, 0) is 6.54 Å². The molecule has 0 atom stereocenters. The fraction of sp³-hybridized carbons (Fsp3) is 0.0714. The molecule has 2 nitrogen and oxygen atoms in total. The Bertz CT molecular complexity index is 691. The third-order valence-corrected chi connectivity index (χ3v) is 2.33. The van der Waals surface area contributed by atoms with Gasteiger partial charge in [0.2, 0.25) is 0 Å². The second-order valence-corrected chi connectivity index (χ2v) is 5.02. The van der Waals surface area contributed by atoms with Crippen LogP contribution in [0.25, 0.3) is 0 Å². The van der Waals surface area contributed by atoms with Gasteiger partial charge < -0.3 is 57.1 Å². The van der Waals surface area contributed by atoms with Gasteiger partial charge in [-0.25, -0.2) is 0 Å². The molecule has 34 heavy (non-hydrogen) atoms. The summed E-state index contributed by atoms with van der Waals surface area (Å²) in [5, 5.41) is 2.88. The first-order valence-corrected chi connectivity index (χ1v) is 7.85. The number of amides is 1. The van der Waals surface area contributed by atoms with Crippen LogP contribution in [0.5, 0.6) is 0 Å². The van der Waals surface area contributed by atoms with Gasteiger partial charge in [-0.2, -0.15) is 0 Å². The maximum atomic E-state index is 11.7. The summed E-state index contributed by atoms with van der Waals surface area (Å²) in [7, 11) is -18.0. The number of carbonyl (C=O) groups is 1. The molecule has 0 aliphatic carbocycles. The van der Waals surface area contributed by atoms with Crippen molar-refractivity contribution in [1.82, 2.24) is 5.32 Å². The molecule has 20 heteroatoms. The van der Waals surface area contributed by atoms with E-state index in [1.807, 2.05) is 48.5 Å². The standard InChI is InChI=1S/C14H13NO.3BF4.3K/c16-14(13-9-5-2-6-10-13)15-11-12-7-3-1-4-8-12;3*2-1(3,4)5;;;/h1-10H,11H2,(H,15,16);;;;;;/q;3*-1;3*+1. The second kappa shape index (κ2) is 24.2. The van der Waals surface area contributed by atoms with Gasteiger partial charge in [0, 0.05) is 12.1 Å². The molecule has 0 unspecified atom stereocenters. The van der Waals surface area contributed by atoms with Crippen molar-refractivity contribution >= 4 is 27.7 Å². The van der Waals surface area contributed by atoms with Gasteiger partial charge in [0.1, 0.15) is 0 Å². The largest absolute Gasteiger partial charge is 1.00 e. The van der Waals surface area contributed by atoms with Crippen molar-refractivity contribution in [3.63, 3.8) is 0 Å². The van der Waals surface area contributed by atoms with E-state index in [4.69, 9.17) is 0 Å². The SMILES string of the molecule is F[B-](F)(F)F.F[B-](F)(F)F.F[B-](F)(F)F.O=C(NCc1ccccc1)c1ccccc1.[K+].[K+].[K+]. The molecule has 2 aromatic rings. The summed E-state index contributed by atoms with van der Waals surface area (Å²) < 4.78 is 117. The zero-order chi connectivity index (χ0) is 24.7. The predicted octanol–water partition coefficient (Wildman–Crippen LogP) is -2.47. The number of nitrogens with one attached hydrogen (secondary N) is 1. The molecule has 2 rings (SSSR count). The van der Waals surface area contributed by atoms with Crippen LogP contribution < -0.4 is 159 Å². The maximum Gasteiger partial charge on any atom is 1.00 e. The molecule has 2 aromatic carbocycles. The van der Waals surface area contributed by atoms with Gasteiger partial charge in [-0.15, -0.1) is 0 Å². The molecule has 0 spiro atoms. The Morgan fingerprint density at radius 2 is 0.824 bits per heavy atom. The first kappa shape index (κ1) is 46.1. The summed E-state index contributed by atoms with van der Waals surface area (Å²) in [5.41, 5.74) is 1.80. The summed E-state index contributed by atoms with van der Waals surface area (Å²) in [5.74, 6) is -0.0375. The average Bonchev–Trinajstić information content (AvgIpc) is 2.57. The van der Waals surface area contributed by atoms with E-state index in [1.165, 1.54) is 0 Å². The van der Waals surface area contributed by atoms with E-state index < -0.39 is 21.8 Å². The monoisotopic (exact) mass is 589 g/mol. The zero-order valence-corrected chi connectivity index (χ0v) is 27.5. The van der Waals surface area contributed by atoms with Crippen molar-refractivity contribution in [3.8, 4) is 0 Å². The first-order valence-electron chi connectivity index (χ1n) is 7.85. The predicted molar refractivity (Wildman–Crippen MR) is 94.6 cm³/mol. The summed E-state index contributed by atoms with van der Waals surface area (Å²) in [6, 6.07) is 19.1. The maximum absolute atomic E-state index is 11.7. The topological polar surface area (TPSA) is 29.1 Å². The number of carbonyl (C=O) groups excluding carboxylic acids is 1. The summed E-state index contributed by atoms with van der Waals surface area (Å²) in [6.07, 6.45) is 0. The van der Waals surface area contributed by atoms with Crippen LogP contribution >= 0.6 is 0 Å². The third kappa shape index (κ3) is 50.9. The van der Waals surface area contributed by atoms with Gasteiger partial charge in [0.05, 0.1) is 0 Å². The van der Waals surface area contributed by atoms with Crippen molar-refractivity contribution < 1.29 is 211 Å². The molecule has 1 amide bonds. The Hall–Kier alpha value is 2.17. The number of hydrogen-bond donors (Lipinski definition) is 1. The number of rotatable bonds is 3. The van der Waals surface area contributed by atoms with Crippen LogP contribution in [0.2, 0.25) is 0 Å². The smallest absolute Gasteiger partial charge is 0.418 e. The zero-order valence-electron chi connectivity index (χ0n) is 18.2. The normalized spacial score (nSPS) is 9.88. The molecular formula is C14H13B3F12K3NO. The molecule has 1 N–H and O–H groups in total. The fourth-order valence-electron chi connectivity index (χ4n) is 1.47. The fourth-order valence-corrected chi connectivity index (χ4v) is 1.47. The van der Waals surface area contributed by atoms with Crippen LogP contribution in [0.3, 0.4) is 0 Å². The minimum Gasteiger partial charge on any atom is -0.418 e. The van der Waals surface area contributed by atoms with Gasteiger partial charge in [0.25, 0.3) is 5.91 Å². The molecule has 0 saturated heterocycles. The molecule has 0 fully saturated rings. The Morgan fingerprint density at radius 3 is 1.12 bits per heavy atom. The Labute approximate surface area is 315 Å². The van der Waals surface area contributed by atoms with Gasteiger partial charge in [0.15, 0.2) is 0 Å². The molecule has 0 aromatic heterocycles. The van der Waals surface area contributed by atoms with Crippen LogP contribution in [0, 0.1) is 0 Å². The van der Waals surface area contributed by atoms with E-state index in [0.29, 0.717) is 12.1 Å². The quantitative estimate of drug-likeness (QED) is 0.313. The van der Waals surface area contributed by atoms with E-state index in [0.717, 1.165) is 5.56 Å². The van der Waals surface area contributed by atoms with Crippen molar-refractivity contribution in [3.05, 3.63) is 71.8 Å². The van der Waals surface area contributed by atoms with Gasteiger partial charge in [-0.1, -0.05) is 48.5 Å². The molecule has 0 radical (unpaired) electrons. The third-order valence-electron chi connectivity index (χ3n) is 2.33. The van der Waals surface area contributed by atoms with Gasteiger partial charge >= 0.3 is 176 Å². The molecule has 176 valence electrons. The molecule has 0 aliphatic heterocycles. The van der Waals surface area contributed by atoms with Crippen LogP contribution in [-0.4, -0.2) is 27.7 Å². The summed E-state index contributed by atoms with van der Waals surface area (Å²) in [4.78, 5) is 11.7. The average molecular weight is 589 g/mol. The van der Waals surface area contributed by atoms with E-state index in [-0.39, 0.29) is 160 Å². The van der Waals surface area contributed by atoms with E-state index >= 15 is 0 Å². The van der Waals surface area contributed by atoms with E-state index in [1.54, 1.807) is 12.1 Å². The Morgan fingerprint density at radius 1 is 0.559 bits per heavy atom. The van der Waals surface area contributed by atoms with Gasteiger partial charge in [-0.05, 0) is 17.7 Å². The summed E-state index contributed by atoms with van der Waals surface area (Å²) >= 11 is 0. The van der Waals surface area contributed by atoms with Crippen molar-refractivity contribution in [2.45, 2.75) is 6.54 Å². The number of halogens is 12. The van der Waals surface area contributed by atoms with Crippen molar-refractivity contribution in [2.75, 3.05) is 0 Å². The van der Waals surface area contributed by atoms with Crippen LogP contribution in [0.4, 0.5) is 51.8 Å². The van der Waals surface area contributed by atoms with Crippen LogP contribution in [0.1, 0.15) is 15.9 Å². The molecule has 0 heterocycles. The van der Waals surface area contributed by atoms with Crippen LogP contribution in [0.15, 0.2) is 60.7 Å². The summed E-state index contributed by atoms with van der Waals surface area (Å²) in [6.45, 7) is 0.564. The van der Waals surface area contributed by atoms with E-state index in [2.05, 4.69) is 5.32 Å². The minimum absolute atomic E-state index is 0. The molecule has 0 saturated carbocycles. The molecule has 0 bridgehead atoms. The molecular weight excluding hydrogens is 576 g/mol. The van der Waals surface area contributed by atoms with Crippen molar-refractivity contribution in [1.29, 1.82) is 0 Å². The Balaban J connectivity index is -0.000000131. The number of hydrogen-bond acceptors (Lipinski definition) is 1. The van der Waals surface area contributed by atoms with Gasteiger partial charge in [-0.3, -0.25) is 4.79 Å². The first-order chi connectivity index (χ1) is 13.9. The molecule has 0 aliphatic rings. The Kier molecular flexibility index (Phi) is 32.8.